The third-order valence-electron chi connectivity index (χ3n) is 6.98. The number of nitrogens with two attached hydrogens (primary N) is 2. The molecule has 2 aliphatic rings. The second kappa shape index (κ2) is 8.22. The molecule has 1 aliphatic carbocycles. The molecule has 1 saturated heterocycles. The highest BCUT2D eigenvalue weighted by atomic mass is 16.5. The number of nitrogen functional groups attached to an aromatic ring is 1. The number of rotatable bonds is 6. The Morgan fingerprint density at radius 1 is 1.18 bits per heavy atom. The maximum absolute atomic E-state index is 12.8. The Labute approximate surface area is 191 Å². The first-order valence-corrected chi connectivity index (χ1v) is 11.5. The van der Waals surface area contributed by atoms with Crippen molar-refractivity contribution in [2.24, 2.45) is 17.6 Å². The minimum absolute atomic E-state index is 0.0816. The highest BCUT2D eigenvalue weighted by Crippen LogP contribution is 2.38. The number of pyridine rings is 1. The van der Waals surface area contributed by atoms with Gasteiger partial charge in [-0.25, -0.2) is 9.78 Å². The molecule has 1 saturated carbocycles. The van der Waals surface area contributed by atoms with Gasteiger partial charge in [-0.1, -0.05) is 25.1 Å². The number of ether oxygens (including phenoxy) is 1. The van der Waals surface area contributed by atoms with Crippen LogP contribution < -0.4 is 32.5 Å². The molecule has 3 heterocycles. The van der Waals surface area contributed by atoms with Crippen LogP contribution in [0, 0.1) is 18.8 Å². The predicted octanol–water partition coefficient (Wildman–Crippen LogP) is 1.39. The fraction of sp³-hybridized carbons (Fsp3) is 0.458. The summed E-state index contributed by atoms with van der Waals surface area (Å²) in [6.07, 6.45) is 3.37. The van der Waals surface area contributed by atoms with E-state index in [4.69, 9.17) is 16.3 Å². The molecule has 0 radical (unpaired) electrons. The van der Waals surface area contributed by atoms with Gasteiger partial charge < -0.3 is 21.2 Å². The molecule has 0 amide bonds. The lowest BCUT2D eigenvalue weighted by Crippen LogP contribution is -2.44. The van der Waals surface area contributed by atoms with Crippen LogP contribution in [-0.4, -0.2) is 40.0 Å². The SMILES string of the molecule is Cc1c(N2CC(C)C(C(N)COc3ccccc3)C2)ncc2c(=O)n(N)c(=O)n(C3CC3)c12. The molecule has 0 spiro atoms. The fourth-order valence-corrected chi connectivity index (χ4v) is 5.03. The Balaban J connectivity index is 1.43. The quantitative estimate of drug-likeness (QED) is 0.544. The highest BCUT2D eigenvalue weighted by Gasteiger charge is 2.36. The van der Waals surface area contributed by atoms with Gasteiger partial charge in [0.15, 0.2) is 0 Å². The average Bonchev–Trinajstić information content (AvgIpc) is 3.58. The van der Waals surface area contributed by atoms with E-state index in [0.29, 0.717) is 28.1 Å². The summed E-state index contributed by atoms with van der Waals surface area (Å²) >= 11 is 0. The zero-order valence-corrected chi connectivity index (χ0v) is 19.0. The normalized spacial score (nSPS) is 21.5. The lowest BCUT2D eigenvalue weighted by molar-refractivity contribution is 0.233. The first-order valence-electron chi connectivity index (χ1n) is 11.5. The van der Waals surface area contributed by atoms with Crippen LogP contribution in [0.25, 0.3) is 10.9 Å². The number of benzene rings is 1. The lowest BCUT2D eigenvalue weighted by Gasteiger charge is -2.24. The van der Waals surface area contributed by atoms with Gasteiger partial charge in [-0.2, -0.15) is 4.68 Å². The Morgan fingerprint density at radius 2 is 1.91 bits per heavy atom. The molecule has 9 heteroatoms. The molecule has 1 aliphatic heterocycles. The average molecular weight is 451 g/mol. The summed E-state index contributed by atoms with van der Waals surface area (Å²) in [5.74, 6) is 7.95. The van der Waals surface area contributed by atoms with E-state index in [1.807, 2.05) is 37.3 Å². The summed E-state index contributed by atoms with van der Waals surface area (Å²) in [6, 6.07) is 9.64. The molecule has 33 heavy (non-hydrogen) atoms. The van der Waals surface area contributed by atoms with E-state index >= 15 is 0 Å². The maximum atomic E-state index is 12.8. The second-order valence-corrected chi connectivity index (χ2v) is 9.36. The standard InChI is InChI=1S/C24H30N6O3/c1-14-11-28(12-19(14)20(25)13-33-17-6-4-3-5-7-17)22-15(2)21-18(10-27-22)23(31)30(26)24(32)29(21)16-8-9-16/h3-7,10,14,16,19-20H,8-9,11-13,25-26H2,1-2H3. The molecule has 9 nitrogen and oxygen atoms in total. The van der Waals surface area contributed by atoms with Crippen molar-refractivity contribution in [3.8, 4) is 5.75 Å². The fourth-order valence-electron chi connectivity index (χ4n) is 5.03. The molecule has 1 aromatic carbocycles. The summed E-state index contributed by atoms with van der Waals surface area (Å²) in [4.78, 5) is 32.3. The van der Waals surface area contributed by atoms with Crippen LogP contribution in [0.1, 0.15) is 31.4 Å². The van der Waals surface area contributed by atoms with Gasteiger partial charge in [0.25, 0.3) is 5.56 Å². The monoisotopic (exact) mass is 450 g/mol. The van der Waals surface area contributed by atoms with Gasteiger partial charge in [0, 0.05) is 36.9 Å². The summed E-state index contributed by atoms with van der Waals surface area (Å²) in [7, 11) is 0. The molecule has 174 valence electrons. The Kier molecular flexibility index (Phi) is 5.36. The summed E-state index contributed by atoms with van der Waals surface area (Å²) in [5.41, 5.74) is 7.03. The molecule has 3 unspecified atom stereocenters. The summed E-state index contributed by atoms with van der Waals surface area (Å²) in [5, 5.41) is 0.377. The van der Waals surface area contributed by atoms with Crippen LogP contribution in [0.3, 0.4) is 0 Å². The van der Waals surface area contributed by atoms with Crippen molar-refractivity contribution in [2.75, 3.05) is 30.4 Å². The van der Waals surface area contributed by atoms with E-state index in [9.17, 15) is 9.59 Å². The highest BCUT2D eigenvalue weighted by molar-refractivity contribution is 5.84. The third kappa shape index (κ3) is 3.76. The largest absolute Gasteiger partial charge is 0.492 e. The number of aromatic nitrogens is 3. The zero-order chi connectivity index (χ0) is 23.3. The Hall–Kier alpha value is -3.33. The van der Waals surface area contributed by atoms with E-state index in [-0.39, 0.29) is 18.0 Å². The Bertz CT molecular complexity index is 1300. The van der Waals surface area contributed by atoms with Crippen molar-refractivity contribution in [2.45, 2.75) is 38.8 Å². The first kappa shape index (κ1) is 21.5. The molecule has 5 rings (SSSR count). The van der Waals surface area contributed by atoms with Crippen molar-refractivity contribution in [3.63, 3.8) is 0 Å². The minimum atomic E-state index is -0.512. The predicted molar refractivity (Wildman–Crippen MR) is 128 cm³/mol. The topological polar surface area (TPSA) is 121 Å². The first-order chi connectivity index (χ1) is 15.9. The van der Waals surface area contributed by atoms with E-state index in [0.717, 1.165) is 43.1 Å². The van der Waals surface area contributed by atoms with Gasteiger partial charge in [-0.15, -0.1) is 0 Å². The second-order valence-electron chi connectivity index (χ2n) is 9.36. The molecular formula is C24H30N6O3. The van der Waals surface area contributed by atoms with Crippen LogP contribution in [0.15, 0.2) is 46.1 Å². The van der Waals surface area contributed by atoms with Crippen molar-refractivity contribution in [1.29, 1.82) is 0 Å². The van der Waals surface area contributed by atoms with Gasteiger partial charge in [-0.05, 0) is 43.7 Å². The zero-order valence-electron chi connectivity index (χ0n) is 19.0. The van der Waals surface area contributed by atoms with Crippen LogP contribution in [-0.2, 0) is 0 Å². The smallest absolute Gasteiger partial charge is 0.350 e. The molecular weight excluding hydrogens is 420 g/mol. The molecule has 3 aromatic rings. The van der Waals surface area contributed by atoms with E-state index in [1.165, 1.54) is 0 Å². The number of nitrogens with zero attached hydrogens (tertiary/aromatic N) is 4. The number of hydrogen-bond acceptors (Lipinski definition) is 7. The lowest BCUT2D eigenvalue weighted by atomic mass is 9.91. The van der Waals surface area contributed by atoms with Crippen molar-refractivity contribution < 1.29 is 4.74 Å². The van der Waals surface area contributed by atoms with Gasteiger partial charge in [0.05, 0.1) is 10.9 Å². The van der Waals surface area contributed by atoms with Gasteiger partial charge >= 0.3 is 5.69 Å². The van der Waals surface area contributed by atoms with Gasteiger partial charge in [0.2, 0.25) is 0 Å². The van der Waals surface area contributed by atoms with Crippen LogP contribution >= 0.6 is 0 Å². The number of para-hydroxylation sites is 1. The van der Waals surface area contributed by atoms with Crippen molar-refractivity contribution >= 4 is 16.7 Å². The molecule has 4 N–H and O–H groups in total. The Morgan fingerprint density at radius 3 is 2.61 bits per heavy atom. The van der Waals surface area contributed by atoms with Crippen molar-refractivity contribution in [3.05, 3.63) is 62.9 Å². The maximum Gasteiger partial charge on any atom is 0.350 e. The number of aryl methyl sites for hydroxylation is 1. The molecule has 3 atom stereocenters. The third-order valence-corrected chi connectivity index (χ3v) is 6.98. The van der Waals surface area contributed by atoms with Crippen LogP contribution in [0.4, 0.5) is 5.82 Å². The minimum Gasteiger partial charge on any atom is -0.492 e. The van der Waals surface area contributed by atoms with Gasteiger partial charge in [-0.3, -0.25) is 9.36 Å². The van der Waals surface area contributed by atoms with Crippen LogP contribution in [0.2, 0.25) is 0 Å². The molecule has 2 aromatic heterocycles. The van der Waals surface area contributed by atoms with Crippen molar-refractivity contribution in [1.82, 2.24) is 14.2 Å². The summed E-state index contributed by atoms with van der Waals surface area (Å²) in [6.45, 7) is 6.09. The molecule has 2 fully saturated rings. The number of hydrogen-bond donors (Lipinski definition) is 2. The van der Waals surface area contributed by atoms with E-state index < -0.39 is 11.2 Å². The van der Waals surface area contributed by atoms with E-state index in [2.05, 4.69) is 16.8 Å². The number of anilines is 1. The van der Waals surface area contributed by atoms with E-state index in [1.54, 1.807) is 10.8 Å². The summed E-state index contributed by atoms with van der Waals surface area (Å²) < 4.78 is 8.26. The molecule has 0 bridgehead atoms. The number of fused-ring (bicyclic) bond motifs is 1. The van der Waals surface area contributed by atoms with Gasteiger partial charge in [0.1, 0.15) is 18.2 Å². The van der Waals surface area contributed by atoms with Crippen LogP contribution in [0.5, 0.6) is 5.75 Å².